The molecule has 254 valence electrons. The van der Waals surface area contributed by atoms with E-state index in [9.17, 15) is 0 Å². The molecular weight excluding hydrogens is 613 g/mol. The molecule has 0 aliphatic heterocycles. The van der Waals surface area contributed by atoms with Crippen LogP contribution in [0.1, 0.15) is 74.9 Å². The molecule has 7 aromatic carbocycles. The lowest BCUT2D eigenvalue weighted by Gasteiger charge is -2.25. The smallest absolute Gasteiger partial charge is 0.00167 e. The van der Waals surface area contributed by atoms with Gasteiger partial charge >= 0.3 is 0 Å². The molecule has 7 rings (SSSR count). The molecule has 0 atom stereocenters. The van der Waals surface area contributed by atoms with Crippen LogP contribution in [0.2, 0.25) is 0 Å². The maximum atomic E-state index is 2.45. The second-order valence-corrected chi connectivity index (χ2v) is 14.1. The molecule has 0 aromatic heterocycles. The van der Waals surface area contributed by atoms with Gasteiger partial charge in [0.2, 0.25) is 0 Å². The summed E-state index contributed by atoms with van der Waals surface area (Å²) in [6.45, 7) is 0. The molecular formula is C51H50. The first-order valence-electron chi connectivity index (χ1n) is 19.1. The maximum Gasteiger partial charge on any atom is -0.00167 e. The van der Waals surface area contributed by atoms with Gasteiger partial charge in [0.15, 0.2) is 0 Å². The van der Waals surface area contributed by atoms with Crippen molar-refractivity contribution in [2.75, 3.05) is 0 Å². The van der Waals surface area contributed by atoms with Crippen molar-refractivity contribution in [2.45, 2.75) is 70.6 Å². The minimum Gasteiger partial charge on any atom is -0.0622 e. The summed E-state index contributed by atoms with van der Waals surface area (Å²) < 4.78 is 0. The Balaban J connectivity index is 1.37. The van der Waals surface area contributed by atoms with Crippen LogP contribution in [-0.4, -0.2) is 0 Å². The molecule has 0 aliphatic carbocycles. The Morgan fingerprint density at radius 3 is 1.25 bits per heavy atom. The summed E-state index contributed by atoms with van der Waals surface area (Å²) in [5.74, 6) is 0. The molecule has 0 saturated carbocycles. The van der Waals surface area contributed by atoms with E-state index in [4.69, 9.17) is 0 Å². The third-order valence-corrected chi connectivity index (χ3v) is 10.6. The average molecular weight is 663 g/mol. The summed E-state index contributed by atoms with van der Waals surface area (Å²) in [4.78, 5) is 0. The first-order chi connectivity index (χ1) is 25.3. The Bertz CT molecular complexity index is 2080. The van der Waals surface area contributed by atoms with Gasteiger partial charge in [0.1, 0.15) is 0 Å². The fourth-order valence-corrected chi connectivity index (χ4v) is 8.04. The molecule has 51 heavy (non-hydrogen) atoms. The zero-order chi connectivity index (χ0) is 34.5. The Hall–Kier alpha value is -5.20. The van der Waals surface area contributed by atoms with Crippen molar-refractivity contribution in [1.29, 1.82) is 0 Å². The Kier molecular flexibility index (Phi) is 11.8. The lowest BCUT2D eigenvalue weighted by Crippen LogP contribution is -2.11. The number of fused-ring (bicyclic) bond motifs is 1. The van der Waals surface area contributed by atoms with Gasteiger partial charge in [0.05, 0.1) is 0 Å². The number of unbranched alkanes of at least 4 members (excludes halogenated alkanes) is 1. The molecule has 0 saturated heterocycles. The lowest BCUT2D eigenvalue weighted by atomic mass is 9.79. The quantitative estimate of drug-likeness (QED) is 0.0904. The van der Waals surface area contributed by atoms with Crippen LogP contribution < -0.4 is 0 Å². The van der Waals surface area contributed by atoms with Crippen molar-refractivity contribution in [3.63, 3.8) is 0 Å². The highest BCUT2D eigenvalue weighted by Gasteiger charge is 2.22. The number of aryl methyl sites for hydroxylation is 4. The Morgan fingerprint density at radius 2 is 0.686 bits per heavy atom. The number of hydrogen-bond acceptors (Lipinski definition) is 0. The van der Waals surface area contributed by atoms with Crippen LogP contribution in [0.4, 0.5) is 0 Å². The average Bonchev–Trinajstić information content (AvgIpc) is 3.19. The number of benzene rings is 7. The van der Waals surface area contributed by atoms with E-state index in [-0.39, 0.29) is 0 Å². The van der Waals surface area contributed by atoms with E-state index < -0.39 is 0 Å². The lowest BCUT2D eigenvalue weighted by molar-refractivity contribution is 0.722. The van der Waals surface area contributed by atoms with Crippen LogP contribution in [0.25, 0.3) is 10.8 Å². The first kappa shape index (κ1) is 34.3. The van der Waals surface area contributed by atoms with Crippen molar-refractivity contribution in [2.24, 2.45) is 0 Å². The van der Waals surface area contributed by atoms with Gasteiger partial charge in [0.25, 0.3) is 0 Å². The second kappa shape index (κ2) is 17.6. The van der Waals surface area contributed by atoms with E-state index in [1.165, 1.54) is 57.0 Å². The van der Waals surface area contributed by atoms with Gasteiger partial charge < -0.3 is 0 Å². The van der Waals surface area contributed by atoms with E-state index in [0.29, 0.717) is 0 Å². The predicted molar refractivity (Wildman–Crippen MR) is 218 cm³/mol. The molecule has 0 nitrogen and oxygen atoms in total. The van der Waals surface area contributed by atoms with Gasteiger partial charge in [-0.25, -0.2) is 0 Å². The molecule has 0 radical (unpaired) electrons. The fraction of sp³-hybridized carbons (Fsp3) is 0.216. The van der Waals surface area contributed by atoms with Crippen LogP contribution in [-0.2, 0) is 51.4 Å². The Morgan fingerprint density at radius 1 is 0.255 bits per heavy atom. The van der Waals surface area contributed by atoms with Crippen LogP contribution in [0.5, 0.6) is 0 Å². The van der Waals surface area contributed by atoms with Gasteiger partial charge in [-0.1, -0.05) is 170 Å². The fourth-order valence-electron chi connectivity index (χ4n) is 8.04. The predicted octanol–water partition coefficient (Wildman–Crippen LogP) is 12.5. The van der Waals surface area contributed by atoms with Crippen molar-refractivity contribution < 1.29 is 0 Å². The molecule has 0 spiro atoms. The summed E-state index contributed by atoms with van der Waals surface area (Å²) in [7, 11) is 0. The van der Waals surface area contributed by atoms with Crippen LogP contribution in [0.15, 0.2) is 170 Å². The number of hydrogen-bond donors (Lipinski definition) is 0. The van der Waals surface area contributed by atoms with Crippen molar-refractivity contribution in [3.05, 3.63) is 225 Å². The minimum atomic E-state index is 0.943. The van der Waals surface area contributed by atoms with Gasteiger partial charge in [0, 0.05) is 0 Å². The molecule has 0 fully saturated rings. The molecule has 0 unspecified atom stereocenters. The summed E-state index contributed by atoms with van der Waals surface area (Å²) in [5.41, 5.74) is 14.9. The first-order valence-corrected chi connectivity index (χ1v) is 19.1. The van der Waals surface area contributed by atoms with Crippen LogP contribution in [0.3, 0.4) is 0 Å². The summed E-state index contributed by atoms with van der Waals surface area (Å²) >= 11 is 0. The largest absolute Gasteiger partial charge is 0.0622 e. The van der Waals surface area contributed by atoms with E-state index in [0.717, 1.165) is 57.8 Å². The van der Waals surface area contributed by atoms with E-state index in [1.54, 1.807) is 22.3 Å². The molecule has 0 bridgehead atoms. The zero-order valence-corrected chi connectivity index (χ0v) is 29.9. The third kappa shape index (κ3) is 9.13. The SMILES string of the molecule is c1ccc(CCCCc2c(CCCc3ccccc3)c(CCc3ccccc3)c(Cc3ccccc3)c3c(Cc4ccccc4)cccc23)cc1. The van der Waals surface area contributed by atoms with E-state index in [2.05, 4.69) is 170 Å². The second-order valence-electron chi connectivity index (χ2n) is 14.1. The van der Waals surface area contributed by atoms with Crippen LogP contribution in [0, 0.1) is 0 Å². The normalized spacial score (nSPS) is 11.2. The third-order valence-electron chi connectivity index (χ3n) is 10.6. The van der Waals surface area contributed by atoms with Crippen LogP contribution >= 0.6 is 0 Å². The van der Waals surface area contributed by atoms with Crippen molar-refractivity contribution in [3.8, 4) is 0 Å². The molecule has 0 heterocycles. The number of rotatable bonds is 16. The summed E-state index contributed by atoms with van der Waals surface area (Å²) in [5, 5.41) is 2.98. The summed E-state index contributed by atoms with van der Waals surface area (Å²) in [6, 6.07) is 62.7. The Labute approximate surface area is 305 Å². The van der Waals surface area contributed by atoms with Gasteiger partial charge in [-0.15, -0.1) is 0 Å². The van der Waals surface area contributed by atoms with Gasteiger partial charge in [-0.2, -0.15) is 0 Å². The highest BCUT2D eigenvalue weighted by Crippen LogP contribution is 2.38. The molecule has 0 N–H and O–H groups in total. The highest BCUT2D eigenvalue weighted by molar-refractivity contribution is 5.94. The summed E-state index contributed by atoms with van der Waals surface area (Å²) in [6.07, 6.45) is 12.0. The highest BCUT2D eigenvalue weighted by atomic mass is 14.3. The van der Waals surface area contributed by atoms with Crippen molar-refractivity contribution in [1.82, 2.24) is 0 Å². The monoisotopic (exact) mass is 662 g/mol. The van der Waals surface area contributed by atoms with E-state index >= 15 is 0 Å². The molecule has 7 aromatic rings. The topological polar surface area (TPSA) is 0 Å². The minimum absolute atomic E-state index is 0.943. The van der Waals surface area contributed by atoms with E-state index in [1.807, 2.05) is 0 Å². The van der Waals surface area contributed by atoms with Crippen molar-refractivity contribution >= 4 is 10.8 Å². The molecule has 0 amide bonds. The molecule has 0 aliphatic rings. The standard InChI is InChI=1S/C51H50/c1-6-20-40(21-7-1)26-16-17-33-47-46(34-18-31-41-22-8-2-9-23-41)48(37-36-42-24-10-3-11-25-42)50(39-44-29-14-5-15-30-44)51-45(32-19-35-49(47)51)38-43-27-12-4-13-28-43/h1-15,19-25,27-30,32,35H,16-18,26,31,33-34,36-39H2. The zero-order valence-electron chi connectivity index (χ0n) is 29.9. The maximum absolute atomic E-state index is 2.45. The van der Waals surface area contributed by atoms with Gasteiger partial charge in [-0.05, 0) is 137 Å². The molecule has 0 heteroatoms. The van der Waals surface area contributed by atoms with Gasteiger partial charge in [-0.3, -0.25) is 0 Å².